The fourth-order valence-corrected chi connectivity index (χ4v) is 5.05. The number of halogens is 4. The highest BCUT2D eigenvalue weighted by atomic mass is 19.4. The summed E-state index contributed by atoms with van der Waals surface area (Å²) in [5.74, 6) is -0.720. The van der Waals surface area contributed by atoms with Crippen LogP contribution in [0.3, 0.4) is 0 Å². The Labute approximate surface area is 221 Å². The third-order valence-electron chi connectivity index (χ3n) is 7.07. The summed E-state index contributed by atoms with van der Waals surface area (Å²) < 4.78 is 57.1. The lowest BCUT2D eigenvalue weighted by Gasteiger charge is -2.34. The van der Waals surface area contributed by atoms with Gasteiger partial charge in [0.25, 0.3) is 5.91 Å². The van der Waals surface area contributed by atoms with Crippen molar-refractivity contribution in [2.24, 2.45) is 0 Å². The predicted molar refractivity (Wildman–Crippen MR) is 139 cm³/mol. The molecule has 6 nitrogen and oxygen atoms in total. The molecule has 3 aromatic carbocycles. The average molecular weight is 534 g/mol. The molecule has 0 spiro atoms. The van der Waals surface area contributed by atoms with Crippen LogP contribution in [0.2, 0.25) is 0 Å². The SMILES string of the molecule is O=C(c1cnn2c(C(F)(F)F)cc(-c3cccc4ccccc34)nc12)N1CCN(Cc2ccccc2F)CC1. The van der Waals surface area contributed by atoms with Crippen LogP contribution in [0.1, 0.15) is 21.6 Å². The minimum atomic E-state index is -4.72. The van der Waals surface area contributed by atoms with Gasteiger partial charge in [-0.05, 0) is 22.9 Å². The molecule has 1 fully saturated rings. The fourth-order valence-electron chi connectivity index (χ4n) is 5.05. The second kappa shape index (κ2) is 9.77. The minimum Gasteiger partial charge on any atom is -0.336 e. The van der Waals surface area contributed by atoms with Gasteiger partial charge in [-0.15, -0.1) is 0 Å². The molecule has 1 aliphatic rings. The number of carbonyl (C=O) groups is 1. The van der Waals surface area contributed by atoms with Crippen LogP contribution in [0.15, 0.2) is 79.0 Å². The molecule has 1 amide bonds. The summed E-state index contributed by atoms with van der Waals surface area (Å²) in [6.07, 6.45) is -3.57. The number of aromatic nitrogens is 3. The highest BCUT2D eigenvalue weighted by Gasteiger charge is 2.36. The van der Waals surface area contributed by atoms with Gasteiger partial charge in [0, 0.05) is 43.9 Å². The van der Waals surface area contributed by atoms with Crippen LogP contribution in [0.25, 0.3) is 27.7 Å². The normalized spacial score (nSPS) is 14.8. The maximum absolute atomic E-state index is 14.1. The minimum absolute atomic E-state index is 0.00476. The summed E-state index contributed by atoms with van der Waals surface area (Å²) in [5.41, 5.74) is 0.0592. The van der Waals surface area contributed by atoms with Gasteiger partial charge in [-0.1, -0.05) is 60.7 Å². The molecular formula is C29H23F4N5O. The van der Waals surface area contributed by atoms with Gasteiger partial charge in [0.15, 0.2) is 11.3 Å². The second-order valence-electron chi connectivity index (χ2n) is 9.50. The Morgan fingerprint density at radius 1 is 0.897 bits per heavy atom. The van der Waals surface area contributed by atoms with Crippen LogP contribution in [0.4, 0.5) is 17.6 Å². The standard InChI is InChI=1S/C29H23F4N5O/c30-24-11-4-2-7-20(24)18-36-12-14-37(15-13-36)28(39)23-17-34-38-26(29(31,32)33)16-25(35-27(23)38)22-10-5-8-19-6-1-3-9-21(19)22/h1-11,16-17H,12-15,18H2. The number of carbonyl (C=O) groups excluding carboxylic acids is 1. The van der Waals surface area contributed by atoms with Gasteiger partial charge < -0.3 is 4.90 Å². The van der Waals surface area contributed by atoms with Crippen LogP contribution >= 0.6 is 0 Å². The summed E-state index contributed by atoms with van der Waals surface area (Å²) in [6, 6.07) is 20.2. The van der Waals surface area contributed by atoms with Crippen molar-refractivity contribution in [3.8, 4) is 11.3 Å². The molecule has 39 heavy (non-hydrogen) atoms. The Kier molecular flexibility index (Phi) is 6.26. The van der Waals surface area contributed by atoms with Crippen molar-refractivity contribution in [2.75, 3.05) is 26.2 Å². The van der Waals surface area contributed by atoms with E-state index in [9.17, 15) is 22.4 Å². The number of fused-ring (bicyclic) bond motifs is 2. The zero-order chi connectivity index (χ0) is 27.1. The number of rotatable bonds is 4. The van der Waals surface area contributed by atoms with E-state index in [1.165, 1.54) is 6.07 Å². The number of alkyl halides is 3. The van der Waals surface area contributed by atoms with Gasteiger partial charge in [-0.3, -0.25) is 9.69 Å². The Balaban J connectivity index is 1.33. The van der Waals surface area contributed by atoms with Gasteiger partial charge in [0.1, 0.15) is 11.4 Å². The van der Waals surface area contributed by atoms with Gasteiger partial charge in [-0.2, -0.15) is 18.3 Å². The molecule has 2 aromatic heterocycles. The van der Waals surface area contributed by atoms with E-state index < -0.39 is 17.8 Å². The van der Waals surface area contributed by atoms with E-state index in [0.717, 1.165) is 23.0 Å². The summed E-state index contributed by atoms with van der Waals surface area (Å²) in [7, 11) is 0. The van der Waals surface area contributed by atoms with Crippen molar-refractivity contribution < 1.29 is 22.4 Å². The van der Waals surface area contributed by atoms with Crippen LogP contribution < -0.4 is 0 Å². The van der Waals surface area contributed by atoms with Crippen molar-refractivity contribution in [3.05, 3.63) is 102 Å². The summed E-state index contributed by atoms with van der Waals surface area (Å²) in [4.78, 5) is 21.6. The van der Waals surface area contributed by atoms with E-state index in [2.05, 4.69) is 10.1 Å². The molecule has 1 saturated heterocycles. The smallest absolute Gasteiger partial charge is 0.336 e. The Bertz CT molecular complexity index is 1680. The lowest BCUT2D eigenvalue weighted by atomic mass is 10.0. The van der Waals surface area contributed by atoms with Crippen molar-refractivity contribution in [2.45, 2.75) is 12.7 Å². The Morgan fingerprint density at radius 2 is 1.62 bits per heavy atom. The number of hydrogen-bond donors (Lipinski definition) is 0. The number of hydrogen-bond acceptors (Lipinski definition) is 4. The van der Waals surface area contributed by atoms with Crippen molar-refractivity contribution in [1.82, 2.24) is 24.4 Å². The van der Waals surface area contributed by atoms with E-state index in [0.29, 0.717) is 48.4 Å². The molecule has 3 heterocycles. The molecule has 0 saturated carbocycles. The maximum atomic E-state index is 14.1. The molecule has 0 unspecified atom stereocenters. The first-order chi connectivity index (χ1) is 18.8. The molecule has 0 aliphatic carbocycles. The van der Waals surface area contributed by atoms with E-state index in [1.54, 1.807) is 35.2 Å². The van der Waals surface area contributed by atoms with Crippen molar-refractivity contribution in [1.29, 1.82) is 0 Å². The second-order valence-corrected chi connectivity index (χ2v) is 9.50. The average Bonchev–Trinajstić information content (AvgIpc) is 3.37. The Morgan fingerprint density at radius 3 is 2.38 bits per heavy atom. The number of piperazine rings is 1. The largest absolute Gasteiger partial charge is 0.433 e. The van der Waals surface area contributed by atoms with Gasteiger partial charge in [0.05, 0.1) is 11.9 Å². The molecule has 6 rings (SSSR count). The molecule has 0 N–H and O–H groups in total. The molecule has 198 valence electrons. The van der Waals surface area contributed by atoms with E-state index in [-0.39, 0.29) is 22.7 Å². The highest BCUT2D eigenvalue weighted by molar-refractivity contribution is 6.01. The zero-order valence-corrected chi connectivity index (χ0v) is 20.7. The first kappa shape index (κ1) is 25.0. The molecule has 5 aromatic rings. The lowest BCUT2D eigenvalue weighted by molar-refractivity contribution is -0.142. The van der Waals surface area contributed by atoms with Crippen molar-refractivity contribution >= 4 is 22.3 Å². The fraction of sp³-hybridized carbons (Fsp3) is 0.207. The van der Waals surface area contributed by atoms with Crippen LogP contribution in [-0.2, 0) is 12.7 Å². The third-order valence-corrected chi connectivity index (χ3v) is 7.07. The summed E-state index contributed by atoms with van der Waals surface area (Å²) in [5, 5.41) is 5.53. The van der Waals surface area contributed by atoms with E-state index >= 15 is 0 Å². The monoisotopic (exact) mass is 533 g/mol. The molecular weight excluding hydrogens is 510 g/mol. The predicted octanol–water partition coefficient (Wildman–Crippen LogP) is 5.67. The quantitative estimate of drug-likeness (QED) is 0.280. The molecule has 0 bridgehead atoms. The Hall–Kier alpha value is -4.31. The van der Waals surface area contributed by atoms with Crippen LogP contribution in [0, 0.1) is 5.82 Å². The number of nitrogens with zero attached hydrogens (tertiary/aromatic N) is 5. The number of amides is 1. The van der Waals surface area contributed by atoms with Gasteiger partial charge in [-0.25, -0.2) is 13.9 Å². The first-order valence-corrected chi connectivity index (χ1v) is 12.5. The third kappa shape index (κ3) is 4.72. The van der Waals surface area contributed by atoms with Crippen LogP contribution in [0.5, 0.6) is 0 Å². The molecule has 0 atom stereocenters. The first-order valence-electron chi connectivity index (χ1n) is 12.5. The van der Waals surface area contributed by atoms with Gasteiger partial charge >= 0.3 is 6.18 Å². The molecule has 0 radical (unpaired) electrons. The van der Waals surface area contributed by atoms with E-state index in [1.807, 2.05) is 35.2 Å². The molecule has 10 heteroatoms. The lowest BCUT2D eigenvalue weighted by Crippen LogP contribution is -2.48. The summed E-state index contributed by atoms with van der Waals surface area (Å²) >= 11 is 0. The number of benzene rings is 3. The summed E-state index contributed by atoms with van der Waals surface area (Å²) in [6.45, 7) is 2.11. The zero-order valence-electron chi connectivity index (χ0n) is 20.7. The van der Waals surface area contributed by atoms with Crippen LogP contribution in [-0.4, -0.2) is 56.5 Å². The highest BCUT2D eigenvalue weighted by Crippen LogP contribution is 2.35. The topological polar surface area (TPSA) is 53.7 Å². The maximum Gasteiger partial charge on any atom is 0.433 e. The van der Waals surface area contributed by atoms with E-state index in [4.69, 9.17) is 0 Å². The van der Waals surface area contributed by atoms with Crippen molar-refractivity contribution in [3.63, 3.8) is 0 Å². The van der Waals surface area contributed by atoms with Gasteiger partial charge in [0.2, 0.25) is 0 Å². The molecule has 1 aliphatic heterocycles.